The van der Waals surface area contributed by atoms with Crippen LogP contribution in [0.3, 0.4) is 0 Å². The first kappa shape index (κ1) is 31.0. The third kappa shape index (κ3) is 15.7. The van der Waals surface area contributed by atoms with Crippen molar-refractivity contribution in [3.8, 4) is 0 Å². The number of aliphatic hydroxyl groups is 6. The van der Waals surface area contributed by atoms with E-state index >= 15 is 0 Å². The van der Waals surface area contributed by atoms with Crippen LogP contribution in [-0.4, -0.2) is 73.9 Å². The largest absolute Gasteiger partial charge is 0.433 e. The van der Waals surface area contributed by atoms with Crippen LogP contribution in [0.15, 0.2) is 12.2 Å². The van der Waals surface area contributed by atoms with Crippen LogP contribution in [0.1, 0.15) is 96.8 Å². The Morgan fingerprint density at radius 1 is 0.719 bits per heavy atom. The number of rotatable bonds is 21. The lowest BCUT2D eigenvalue weighted by Gasteiger charge is -2.28. The van der Waals surface area contributed by atoms with Gasteiger partial charge in [0.2, 0.25) is 6.29 Å². The predicted molar refractivity (Wildman–Crippen MR) is 123 cm³/mol. The average molecular weight is 463 g/mol. The fourth-order valence-electron chi connectivity index (χ4n) is 3.31. The molecule has 0 saturated heterocycles. The molecule has 5 atom stereocenters. The Labute approximate surface area is 192 Å². The Kier molecular flexibility index (Phi) is 19.9. The van der Waals surface area contributed by atoms with Crippen molar-refractivity contribution in [2.45, 2.75) is 128 Å². The Hall–Kier alpha value is -1.03. The second-order valence-electron chi connectivity index (χ2n) is 8.44. The topological polar surface area (TPSA) is 148 Å². The van der Waals surface area contributed by atoms with Gasteiger partial charge < -0.3 is 35.4 Å². The molecule has 0 fully saturated rings. The van der Waals surface area contributed by atoms with Crippen LogP contribution < -0.4 is 0 Å². The molecule has 0 spiro atoms. The summed E-state index contributed by atoms with van der Waals surface area (Å²) in [4.78, 5) is 11.7. The van der Waals surface area contributed by atoms with E-state index in [4.69, 9.17) is 5.11 Å². The van der Waals surface area contributed by atoms with Crippen molar-refractivity contribution in [2.75, 3.05) is 6.61 Å². The molecule has 0 rings (SSSR count). The molecule has 1 unspecified atom stereocenters. The van der Waals surface area contributed by atoms with Crippen LogP contribution >= 0.6 is 0 Å². The van der Waals surface area contributed by atoms with E-state index in [2.05, 4.69) is 23.8 Å². The maximum Gasteiger partial charge on any atom is 0.308 e. The first-order valence-corrected chi connectivity index (χ1v) is 12.2. The molecule has 190 valence electrons. The van der Waals surface area contributed by atoms with E-state index in [1.165, 1.54) is 38.5 Å². The fraction of sp³-hybridized carbons (Fsp3) is 0.875. The molecular formula is C24H46O8. The van der Waals surface area contributed by atoms with Crippen LogP contribution in [0.25, 0.3) is 0 Å². The normalized spacial score (nSPS) is 16.6. The summed E-state index contributed by atoms with van der Waals surface area (Å²) >= 11 is 0. The summed E-state index contributed by atoms with van der Waals surface area (Å²) in [6, 6.07) is 0. The van der Waals surface area contributed by atoms with Gasteiger partial charge in [-0.25, -0.2) is 0 Å². The van der Waals surface area contributed by atoms with Crippen molar-refractivity contribution >= 4 is 5.97 Å². The third-order valence-corrected chi connectivity index (χ3v) is 5.47. The Morgan fingerprint density at radius 2 is 1.22 bits per heavy atom. The minimum Gasteiger partial charge on any atom is -0.433 e. The van der Waals surface area contributed by atoms with E-state index in [1.54, 1.807) is 0 Å². The molecule has 0 aromatic carbocycles. The summed E-state index contributed by atoms with van der Waals surface area (Å²) in [6.07, 6.45) is 9.72. The Bertz CT molecular complexity index is 471. The second kappa shape index (κ2) is 20.6. The molecule has 0 aromatic heterocycles. The van der Waals surface area contributed by atoms with Gasteiger partial charge in [-0.2, -0.15) is 0 Å². The minimum absolute atomic E-state index is 0.0693. The molecule has 8 nitrogen and oxygen atoms in total. The fourth-order valence-corrected chi connectivity index (χ4v) is 3.31. The van der Waals surface area contributed by atoms with Gasteiger partial charge in [0, 0.05) is 6.42 Å². The Balaban J connectivity index is 3.70. The van der Waals surface area contributed by atoms with Crippen LogP contribution in [0, 0.1) is 0 Å². The average Bonchev–Trinajstić information content (AvgIpc) is 2.79. The van der Waals surface area contributed by atoms with Crippen molar-refractivity contribution in [3.05, 3.63) is 12.2 Å². The number of allylic oxidation sites excluding steroid dienone is 2. The van der Waals surface area contributed by atoms with Gasteiger partial charge in [-0.15, -0.1) is 0 Å². The number of carbonyl (C=O) groups excluding carboxylic acids is 1. The molecular weight excluding hydrogens is 416 g/mol. The number of ether oxygens (including phenoxy) is 1. The van der Waals surface area contributed by atoms with Crippen molar-refractivity contribution in [1.82, 2.24) is 0 Å². The maximum atomic E-state index is 11.7. The van der Waals surface area contributed by atoms with Gasteiger partial charge in [0.25, 0.3) is 0 Å². The second-order valence-corrected chi connectivity index (χ2v) is 8.44. The first-order chi connectivity index (χ1) is 15.3. The number of hydrogen-bond donors (Lipinski definition) is 6. The lowest BCUT2D eigenvalue weighted by atomic mass is 10.0. The zero-order chi connectivity index (χ0) is 24.2. The van der Waals surface area contributed by atoms with Crippen LogP contribution in [-0.2, 0) is 9.53 Å². The summed E-state index contributed by atoms with van der Waals surface area (Å²) in [5, 5.41) is 56.5. The minimum atomic E-state index is -2.04. The van der Waals surface area contributed by atoms with Gasteiger partial charge in [-0.3, -0.25) is 4.79 Å². The molecule has 0 radical (unpaired) electrons. The summed E-state index contributed by atoms with van der Waals surface area (Å²) in [5.41, 5.74) is 0. The van der Waals surface area contributed by atoms with Gasteiger partial charge >= 0.3 is 5.97 Å². The first-order valence-electron chi connectivity index (χ1n) is 12.2. The van der Waals surface area contributed by atoms with Crippen molar-refractivity contribution in [2.24, 2.45) is 0 Å². The molecule has 8 heteroatoms. The van der Waals surface area contributed by atoms with Gasteiger partial charge in [-0.05, 0) is 32.1 Å². The quantitative estimate of drug-likeness (QED) is 0.0659. The summed E-state index contributed by atoms with van der Waals surface area (Å²) in [5.74, 6) is -0.724. The van der Waals surface area contributed by atoms with Gasteiger partial charge in [-0.1, -0.05) is 70.4 Å². The SMILES string of the molecule is CCCCCCCC/C=C\CCCCCCCC(=O)OC(O)[C@H](O)[C@H](O)[C@H](O)[C@H](O)CO. The van der Waals surface area contributed by atoms with Gasteiger partial charge in [0.05, 0.1) is 6.61 Å². The molecule has 0 aromatic rings. The highest BCUT2D eigenvalue weighted by atomic mass is 16.6. The van der Waals surface area contributed by atoms with Gasteiger partial charge in [0.1, 0.15) is 24.4 Å². The monoisotopic (exact) mass is 462 g/mol. The maximum absolute atomic E-state index is 11.7. The van der Waals surface area contributed by atoms with Crippen molar-refractivity contribution in [1.29, 1.82) is 0 Å². The van der Waals surface area contributed by atoms with E-state index in [1.807, 2.05) is 0 Å². The van der Waals surface area contributed by atoms with E-state index < -0.39 is 43.3 Å². The number of unbranched alkanes of at least 4 members (excludes halogenated alkanes) is 11. The molecule has 0 heterocycles. The summed E-state index contributed by atoms with van der Waals surface area (Å²) < 4.78 is 4.66. The van der Waals surface area contributed by atoms with Crippen LogP contribution in [0.4, 0.5) is 0 Å². The summed E-state index contributed by atoms with van der Waals surface area (Å²) in [7, 11) is 0. The third-order valence-electron chi connectivity index (χ3n) is 5.47. The highest BCUT2D eigenvalue weighted by Crippen LogP contribution is 2.13. The van der Waals surface area contributed by atoms with E-state index in [0.29, 0.717) is 6.42 Å². The Morgan fingerprint density at radius 3 is 1.75 bits per heavy atom. The molecule has 6 N–H and O–H groups in total. The molecule has 0 amide bonds. The van der Waals surface area contributed by atoms with E-state index in [9.17, 15) is 30.3 Å². The van der Waals surface area contributed by atoms with Crippen LogP contribution in [0.2, 0.25) is 0 Å². The molecule has 0 bridgehead atoms. The molecule has 0 aliphatic rings. The number of carbonyl (C=O) groups is 1. The lowest BCUT2D eigenvalue weighted by Crippen LogP contribution is -2.50. The molecule has 32 heavy (non-hydrogen) atoms. The number of esters is 1. The van der Waals surface area contributed by atoms with Gasteiger partial charge in [0.15, 0.2) is 0 Å². The van der Waals surface area contributed by atoms with Crippen molar-refractivity contribution < 1.29 is 40.2 Å². The summed E-state index contributed by atoms with van der Waals surface area (Å²) in [6.45, 7) is 1.39. The van der Waals surface area contributed by atoms with Crippen LogP contribution in [0.5, 0.6) is 0 Å². The predicted octanol–water partition coefficient (Wildman–Crippen LogP) is 2.32. The molecule has 0 aliphatic heterocycles. The number of aliphatic hydroxyl groups excluding tert-OH is 6. The highest BCUT2D eigenvalue weighted by molar-refractivity contribution is 5.69. The lowest BCUT2D eigenvalue weighted by molar-refractivity contribution is -0.213. The zero-order valence-corrected chi connectivity index (χ0v) is 19.6. The van der Waals surface area contributed by atoms with E-state index in [0.717, 1.165) is 38.5 Å². The smallest absolute Gasteiger partial charge is 0.308 e. The van der Waals surface area contributed by atoms with E-state index in [-0.39, 0.29) is 6.42 Å². The molecule has 0 saturated carbocycles. The standard InChI is InChI=1S/C24H46O8/c1-2-3-4-5-6-7-8-9-10-11-12-13-14-15-16-17-20(27)32-24(31)23(30)22(29)21(28)19(26)18-25/h9-10,19,21-26,28-31H,2-8,11-18H2,1H3/b10-9-/t19-,21-,22-,23-,24?/m1/s1. The van der Waals surface area contributed by atoms with Crippen molar-refractivity contribution in [3.63, 3.8) is 0 Å². The molecule has 0 aliphatic carbocycles. The number of hydrogen-bond acceptors (Lipinski definition) is 8. The highest BCUT2D eigenvalue weighted by Gasteiger charge is 2.35. The zero-order valence-electron chi connectivity index (χ0n) is 19.6.